The average Bonchev–Trinajstić information content (AvgIpc) is 3.32. The van der Waals surface area contributed by atoms with E-state index >= 15 is 0 Å². The lowest BCUT2D eigenvalue weighted by Crippen LogP contribution is -2.25. The standard InChI is InChI=1S/C17H19N3O/c1-12(13-5-3-2-4-6-13)19-16-9-14(10-18-11-16)17(21)20-15-7-8-15/h2-6,9-12,15,19H,7-8H2,1H3,(H,20,21). The van der Waals surface area contributed by atoms with Crippen LogP contribution in [-0.2, 0) is 0 Å². The van der Waals surface area contributed by atoms with Crippen LogP contribution >= 0.6 is 0 Å². The maximum atomic E-state index is 12.0. The maximum absolute atomic E-state index is 12.0. The maximum Gasteiger partial charge on any atom is 0.253 e. The predicted octanol–water partition coefficient (Wildman–Crippen LogP) is 3.15. The molecule has 3 rings (SSSR count). The fourth-order valence-electron chi connectivity index (χ4n) is 2.21. The molecular formula is C17H19N3O. The molecule has 4 heteroatoms. The third-order valence-corrected chi connectivity index (χ3v) is 3.60. The van der Waals surface area contributed by atoms with Gasteiger partial charge in [-0.05, 0) is 31.4 Å². The molecule has 1 aliphatic rings. The molecule has 21 heavy (non-hydrogen) atoms. The molecule has 4 nitrogen and oxygen atoms in total. The van der Waals surface area contributed by atoms with Crippen LogP contribution in [-0.4, -0.2) is 16.9 Å². The van der Waals surface area contributed by atoms with E-state index in [1.807, 2.05) is 24.3 Å². The third-order valence-electron chi connectivity index (χ3n) is 3.60. The Bertz CT molecular complexity index is 623. The fourth-order valence-corrected chi connectivity index (χ4v) is 2.21. The van der Waals surface area contributed by atoms with E-state index in [1.165, 1.54) is 5.56 Å². The van der Waals surface area contributed by atoms with Crippen LogP contribution in [0.15, 0.2) is 48.8 Å². The summed E-state index contributed by atoms with van der Waals surface area (Å²) < 4.78 is 0. The monoisotopic (exact) mass is 281 g/mol. The molecule has 108 valence electrons. The van der Waals surface area contributed by atoms with Crippen LogP contribution in [0.4, 0.5) is 5.69 Å². The molecule has 0 aliphatic heterocycles. The minimum atomic E-state index is -0.0407. The highest BCUT2D eigenvalue weighted by Crippen LogP contribution is 2.21. The van der Waals surface area contributed by atoms with Gasteiger partial charge in [-0.3, -0.25) is 9.78 Å². The molecule has 1 heterocycles. The topological polar surface area (TPSA) is 54.0 Å². The van der Waals surface area contributed by atoms with Crippen LogP contribution in [0.1, 0.15) is 41.7 Å². The lowest BCUT2D eigenvalue weighted by molar-refractivity contribution is 0.0950. The van der Waals surface area contributed by atoms with E-state index in [4.69, 9.17) is 0 Å². The highest BCUT2D eigenvalue weighted by atomic mass is 16.1. The van der Waals surface area contributed by atoms with Crippen molar-refractivity contribution in [2.24, 2.45) is 0 Å². The number of carbonyl (C=O) groups is 1. The molecule has 0 spiro atoms. The number of nitrogens with zero attached hydrogens (tertiary/aromatic N) is 1. The van der Waals surface area contributed by atoms with E-state index in [9.17, 15) is 4.79 Å². The quantitative estimate of drug-likeness (QED) is 0.885. The number of hydrogen-bond donors (Lipinski definition) is 2. The van der Waals surface area contributed by atoms with Gasteiger partial charge in [0.15, 0.2) is 0 Å². The number of benzene rings is 1. The first-order valence-electron chi connectivity index (χ1n) is 7.30. The fraction of sp³-hybridized carbons (Fsp3) is 0.294. The largest absolute Gasteiger partial charge is 0.377 e. The van der Waals surface area contributed by atoms with Crippen LogP contribution in [0.3, 0.4) is 0 Å². The second kappa shape index (κ2) is 5.95. The normalized spacial score (nSPS) is 15.3. The second-order valence-corrected chi connectivity index (χ2v) is 5.49. The Labute approximate surface area is 124 Å². The molecular weight excluding hydrogens is 262 g/mol. The first-order chi connectivity index (χ1) is 10.2. The predicted molar refractivity (Wildman–Crippen MR) is 83.2 cm³/mol. The zero-order valence-electron chi connectivity index (χ0n) is 12.0. The Balaban J connectivity index is 1.69. The highest BCUT2D eigenvalue weighted by Gasteiger charge is 2.24. The molecule has 1 fully saturated rings. The van der Waals surface area contributed by atoms with Gasteiger partial charge in [-0.25, -0.2) is 0 Å². The molecule has 1 atom stereocenters. The van der Waals surface area contributed by atoms with Gasteiger partial charge in [0, 0.05) is 24.5 Å². The molecule has 2 N–H and O–H groups in total. The first kappa shape index (κ1) is 13.6. The van der Waals surface area contributed by atoms with Crippen molar-refractivity contribution in [1.82, 2.24) is 10.3 Å². The zero-order chi connectivity index (χ0) is 14.7. The minimum Gasteiger partial charge on any atom is -0.377 e. The average molecular weight is 281 g/mol. The van der Waals surface area contributed by atoms with E-state index < -0.39 is 0 Å². The van der Waals surface area contributed by atoms with E-state index in [0.29, 0.717) is 11.6 Å². The number of anilines is 1. The van der Waals surface area contributed by atoms with Crippen molar-refractivity contribution >= 4 is 11.6 Å². The molecule has 0 bridgehead atoms. The molecule has 1 amide bonds. The summed E-state index contributed by atoms with van der Waals surface area (Å²) in [5, 5.41) is 6.36. The van der Waals surface area contributed by atoms with Gasteiger partial charge in [-0.2, -0.15) is 0 Å². The number of nitrogens with one attached hydrogen (secondary N) is 2. The van der Waals surface area contributed by atoms with E-state index in [-0.39, 0.29) is 11.9 Å². The Hall–Kier alpha value is -2.36. The zero-order valence-corrected chi connectivity index (χ0v) is 12.0. The van der Waals surface area contributed by atoms with Crippen molar-refractivity contribution in [2.75, 3.05) is 5.32 Å². The summed E-state index contributed by atoms with van der Waals surface area (Å²) >= 11 is 0. The molecule has 1 aromatic heterocycles. The molecule has 1 unspecified atom stereocenters. The van der Waals surface area contributed by atoms with Gasteiger partial charge in [0.2, 0.25) is 0 Å². The summed E-state index contributed by atoms with van der Waals surface area (Å²) in [4.78, 5) is 16.2. The van der Waals surface area contributed by atoms with Crippen molar-refractivity contribution in [1.29, 1.82) is 0 Å². The van der Waals surface area contributed by atoms with Crippen molar-refractivity contribution in [3.05, 3.63) is 59.9 Å². The Morgan fingerprint density at radius 2 is 2.00 bits per heavy atom. The summed E-state index contributed by atoms with van der Waals surface area (Å²) in [5.41, 5.74) is 2.66. The molecule has 1 saturated carbocycles. The molecule has 0 radical (unpaired) electrons. The van der Waals surface area contributed by atoms with Crippen LogP contribution in [0.25, 0.3) is 0 Å². The van der Waals surface area contributed by atoms with Crippen molar-refractivity contribution in [3.63, 3.8) is 0 Å². The Morgan fingerprint density at radius 3 is 2.71 bits per heavy atom. The summed E-state index contributed by atoms with van der Waals surface area (Å²) in [5.74, 6) is -0.0407. The summed E-state index contributed by atoms with van der Waals surface area (Å²) in [6.45, 7) is 2.09. The molecule has 0 saturated heterocycles. The Kier molecular flexibility index (Phi) is 3.86. The van der Waals surface area contributed by atoms with Gasteiger partial charge in [-0.1, -0.05) is 30.3 Å². The number of amides is 1. The number of pyridine rings is 1. The second-order valence-electron chi connectivity index (χ2n) is 5.49. The van der Waals surface area contributed by atoms with Crippen LogP contribution in [0, 0.1) is 0 Å². The first-order valence-corrected chi connectivity index (χ1v) is 7.30. The smallest absolute Gasteiger partial charge is 0.253 e. The van der Waals surface area contributed by atoms with Crippen LogP contribution in [0.5, 0.6) is 0 Å². The van der Waals surface area contributed by atoms with Crippen molar-refractivity contribution in [2.45, 2.75) is 31.8 Å². The van der Waals surface area contributed by atoms with Gasteiger partial charge in [0.25, 0.3) is 5.91 Å². The van der Waals surface area contributed by atoms with Gasteiger partial charge < -0.3 is 10.6 Å². The number of hydrogen-bond acceptors (Lipinski definition) is 3. The highest BCUT2D eigenvalue weighted by molar-refractivity contribution is 5.95. The molecule has 1 aromatic carbocycles. The number of rotatable bonds is 5. The lowest BCUT2D eigenvalue weighted by atomic mass is 10.1. The summed E-state index contributed by atoms with van der Waals surface area (Å²) in [7, 11) is 0. The van der Waals surface area contributed by atoms with E-state index in [0.717, 1.165) is 18.5 Å². The van der Waals surface area contributed by atoms with E-state index in [2.05, 4.69) is 34.7 Å². The van der Waals surface area contributed by atoms with Gasteiger partial charge >= 0.3 is 0 Å². The van der Waals surface area contributed by atoms with E-state index in [1.54, 1.807) is 12.4 Å². The molecule has 2 aromatic rings. The summed E-state index contributed by atoms with van der Waals surface area (Å²) in [6.07, 6.45) is 5.52. The van der Waals surface area contributed by atoms with Gasteiger partial charge in [-0.15, -0.1) is 0 Å². The SMILES string of the molecule is CC(Nc1cncc(C(=O)NC2CC2)c1)c1ccccc1. The van der Waals surface area contributed by atoms with Crippen molar-refractivity contribution < 1.29 is 4.79 Å². The minimum absolute atomic E-state index is 0.0407. The number of aromatic nitrogens is 1. The number of carbonyl (C=O) groups excluding carboxylic acids is 1. The van der Waals surface area contributed by atoms with Crippen LogP contribution in [0.2, 0.25) is 0 Å². The van der Waals surface area contributed by atoms with Crippen molar-refractivity contribution in [3.8, 4) is 0 Å². The summed E-state index contributed by atoms with van der Waals surface area (Å²) in [6, 6.07) is 12.6. The Morgan fingerprint density at radius 1 is 1.24 bits per heavy atom. The van der Waals surface area contributed by atoms with Gasteiger partial charge in [0.1, 0.15) is 0 Å². The lowest BCUT2D eigenvalue weighted by Gasteiger charge is -2.16. The van der Waals surface area contributed by atoms with Gasteiger partial charge in [0.05, 0.1) is 11.3 Å². The molecule has 1 aliphatic carbocycles. The third kappa shape index (κ3) is 3.60. The van der Waals surface area contributed by atoms with Crippen LogP contribution < -0.4 is 10.6 Å².